The highest BCUT2D eigenvalue weighted by atomic mass is 16.7. The number of carbonyl (C=O) groups excluding carboxylic acids is 2. The van der Waals surface area contributed by atoms with Gasteiger partial charge in [0.15, 0.2) is 6.10 Å². The molecule has 0 unspecified atom stereocenters. The SMILES string of the molecule is CC(=O)O[C@H](C)C(=O)c1cc(C)c(B2OC(C)(C)C(C)(C)O2)cn1. The minimum atomic E-state index is -0.864. The lowest BCUT2D eigenvalue weighted by Gasteiger charge is -2.32. The number of hydrogen-bond donors (Lipinski definition) is 0. The van der Waals surface area contributed by atoms with Crippen molar-refractivity contribution in [3.63, 3.8) is 0 Å². The number of pyridine rings is 1. The van der Waals surface area contributed by atoms with E-state index in [1.807, 2.05) is 34.6 Å². The Morgan fingerprint density at radius 2 is 1.75 bits per heavy atom. The van der Waals surface area contributed by atoms with Gasteiger partial charge >= 0.3 is 13.1 Å². The Kier molecular flexibility index (Phi) is 4.88. The lowest BCUT2D eigenvalue weighted by molar-refractivity contribution is -0.143. The second-order valence-corrected chi connectivity index (χ2v) is 7.13. The largest absolute Gasteiger partial charge is 0.496 e. The van der Waals surface area contributed by atoms with Gasteiger partial charge in [0, 0.05) is 18.6 Å². The van der Waals surface area contributed by atoms with Gasteiger partial charge < -0.3 is 14.0 Å². The molecule has 0 radical (unpaired) electrons. The predicted octanol–water partition coefficient (Wildman–Crippen LogP) is 1.82. The van der Waals surface area contributed by atoms with Gasteiger partial charge in [-0.3, -0.25) is 14.6 Å². The Bertz CT molecular complexity index is 655. The van der Waals surface area contributed by atoms with Crippen LogP contribution in [0.5, 0.6) is 0 Å². The lowest BCUT2D eigenvalue weighted by atomic mass is 9.77. The monoisotopic (exact) mass is 333 g/mol. The molecule has 1 aromatic rings. The number of nitrogens with zero attached hydrogens (tertiary/aromatic N) is 1. The van der Waals surface area contributed by atoms with Crippen LogP contribution in [0.1, 0.15) is 57.6 Å². The highest BCUT2D eigenvalue weighted by Gasteiger charge is 2.52. The van der Waals surface area contributed by atoms with E-state index in [0.717, 1.165) is 11.0 Å². The van der Waals surface area contributed by atoms with Crippen LogP contribution in [0, 0.1) is 6.92 Å². The second kappa shape index (κ2) is 6.29. The van der Waals surface area contributed by atoms with E-state index in [4.69, 9.17) is 14.0 Å². The first-order chi connectivity index (χ1) is 10.9. The molecule has 0 N–H and O–H groups in total. The van der Waals surface area contributed by atoms with Crippen molar-refractivity contribution in [2.75, 3.05) is 0 Å². The summed E-state index contributed by atoms with van der Waals surface area (Å²) in [5.41, 5.74) is 0.985. The predicted molar refractivity (Wildman–Crippen MR) is 90.2 cm³/mol. The van der Waals surface area contributed by atoms with E-state index in [1.165, 1.54) is 13.8 Å². The van der Waals surface area contributed by atoms with E-state index in [9.17, 15) is 9.59 Å². The second-order valence-electron chi connectivity index (χ2n) is 7.13. The van der Waals surface area contributed by atoms with E-state index in [2.05, 4.69) is 4.98 Å². The lowest BCUT2D eigenvalue weighted by Crippen LogP contribution is -2.41. The van der Waals surface area contributed by atoms with Crippen LogP contribution in [0.25, 0.3) is 0 Å². The maximum absolute atomic E-state index is 12.3. The number of carbonyl (C=O) groups is 2. The van der Waals surface area contributed by atoms with Gasteiger partial charge in [0.05, 0.1) is 11.2 Å². The van der Waals surface area contributed by atoms with E-state index in [-0.39, 0.29) is 11.5 Å². The summed E-state index contributed by atoms with van der Waals surface area (Å²) in [6.45, 7) is 12.6. The maximum atomic E-state index is 12.3. The summed E-state index contributed by atoms with van der Waals surface area (Å²) in [5, 5.41) is 0. The molecule has 2 rings (SSSR count). The van der Waals surface area contributed by atoms with Crippen LogP contribution in [0.15, 0.2) is 12.3 Å². The van der Waals surface area contributed by atoms with Gasteiger partial charge in [0.2, 0.25) is 5.78 Å². The van der Waals surface area contributed by atoms with Crippen LogP contribution in [0.4, 0.5) is 0 Å². The van der Waals surface area contributed by atoms with Crippen LogP contribution in [0.2, 0.25) is 0 Å². The van der Waals surface area contributed by atoms with Gasteiger partial charge in [-0.1, -0.05) is 0 Å². The van der Waals surface area contributed by atoms with Crippen molar-refractivity contribution in [3.8, 4) is 0 Å². The molecule has 1 aliphatic rings. The third-order valence-electron chi connectivity index (χ3n) is 4.62. The summed E-state index contributed by atoms with van der Waals surface area (Å²) in [6, 6.07) is 1.67. The third kappa shape index (κ3) is 3.52. The molecule has 1 aromatic heterocycles. The van der Waals surface area contributed by atoms with Gasteiger partial charge in [-0.05, 0) is 53.2 Å². The molecular formula is C17H24BNO5. The normalized spacial score (nSPS) is 19.9. The zero-order valence-electron chi connectivity index (χ0n) is 15.3. The molecular weight excluding hydrogens is 309 g/mol. The van der Waals surface area contributed by atoms with Crippen molar-refractivity contribution in [2.24, 2.45) is 0 Å². The number of aromatic nitrogens is 1. The molecule has 1 aliphatic heterocycles. The molecule has 7 heteroatoms. The fourth-order valence-electron chi connectivity index (χ4n) is 2.43. The van der Waals surface area contributed by atoms with Gasteiger partial charge in [-0.2, -0.15) is 0 Å². The molecule has 2 heterocycles. The van der Waals surface area contributed by atoms with Crippen molar-refractivity contribution < 1.29 is 23.6 Å². The van der Waals surface area contributed by atoms with Crippen LogP contribution in [-0.4, -0.2) is 41.2 Å². The van der Waals surface area contributed by atoms with E-state index in [1.54, 1.807) is 12.3 Å². The van der Waals surface area contributed by atoms with E-state index < -0.39 is 30.4 Å². The number of ether oxygens (including phenoxy) is 1. The van der Waals surface area contributed by atoms with Crippen molar-refractivity contribution in [1.82, 2.24) is 4.98 Å². The van der Waals surface area contributed by atoms with Gasteiger partial charge in [-0.25, -0.2) is 0 Å². The standard InChI is InChI=1S/C17H24BNO5/c1-10-8-14(15(21)11(2)22-12(3)20)19-9-13(10)18-23-16(4,5)17(6,7)24-18/h8-9,11H,1-7H3/t11-/m1/s1. The molecule has 0 spiro atoms. The molecule has 6 nitrogen and oxygen atoms in total. The minimum absolute atomic E-state index is 0.251. The fraction of sp³-hybridized carbons (Fsp3) is 0.588. The maximum Gasteiger partial charge on any atom is 0.496 e. The summed E-state index contributed by atoms with van der Waals surface area (Å²) in [7, 11) is -0.530. The van der Waals surface area contributed by atoms with E-state index in [0.29, 0.717) is 0 Å². The van der Waals surface area contributed by atoms with Crippen molar-refractivity contribution in [1.29, 1.82) is 0 Å². The fourth-order valence-corrected chi connectivity index (χ4v) is 2.43. The first-order valence-electron chi connectivity index (χ1n) is 7.98. The Hall–Kier alpha value is -1.73. The van der Waals surface area contributed by atoms with Crippen LogP contribution in [0.3, 0.4) is 0 Å². The molecule has 0 saturated carbocycles. The molecule has 1 atom stereocenters. The molecule has 0 aliphatic carbocycles. The van der Waals surface area contributed by atoms with Crippen LogP contribution >= 0.6 is 0 Å². The average Bonchev–Trinajstić information content (AvgIpc) is 2.65. The Morgan fingerprint density at radius 3 is 2.21 bits per heavy atom. The molecule has 0 aromatic carbocycles. The number of rotatable bonds is 4. The minimum Gasteiger partial charge on any atom is -0.454 e. The van der Waals surface area contributed by atoms with Gasteiger partial charge in [0.25, 0.3) is 0 Å². The first-order valence-corrected chi connectivity index (χ1v) is 7.98. The highest BCUT2D eigenvalue weighted by Crippen LogP contribution is 2.36. The van der Waals surface area contributed by atoms with Crippen molar-refractivity contribution in [3.05, 3.63) is 23.5 Å². The van der Waals surface area contributed by atoms with Crippen LogP contribution in [-0.2, 0) is 18.8 Å². The number of aryl methyl sites for hydroxylation is 1. The van der Waals surface area contributed by atoms with E-state index >= 15 is 0 Å². The summed E-state index contributed by atoms with van der Waals surface area (Å²) in [5.74, 6) is -0.838. The first kappa shape index (κ1) is 18.6. The topological polar surface area (TPSA) is 74.7 Å². The quantitative estimate of drug-likeness (QED) is 0.475. The Balaban J connectivity index is 2.22. The van der Waals surface area contributed by atoms with Crippen molar-refractivity contribution in [2.45, 2.75) is 65.8 Å². The van der Waals surface area contributed by atoms with Gasteiger partial charge in [-0.15, -0.1) is 0 Å². The molecule has 1 saturated heterocycles. The number of Topliss-reactive ketones (excluding diaryl/α,β-unsaturated/α-hetero) is 1. The van der Waals surface area contributed by atoms with Crippen molar-refractivity contribution >= 4 is 24.3 Å². The summed E-state index contributed by atoms with van der Waals surface area (Å²) >= 11 is 0. The molecule has 0 bridgehead atoms. The molecule has 24 heavy (non-hydrogen) atoms. The number of ketones is 1. The summed E-state index contributed by atoms with van der Waals surface area (Å²) in [4.78, 5) is 27.5. The Labute approximate surface area is 143 Å². The molecule has 0 amide bonds. The highest BCUT2D eigenvalue weighted by molar-refractivity contribution is 6.62. The molecule has 1 fully saturated rings. The zero-order chi connectivity index (χ0) is 18.3. The van der Waals surface area contributed by atoms with Gasteiger partial charge in [0.1, 0.15) is 5.69 Å². The summed E-state index contributed by atoms with van der Waals surface area (Å²) < 4.78 is 16.9. The smallest absolute Gasteiger partial charge is 0.454 e. The number of esters is 1. The third-order valence-corrected chi connectivity index (χ3v) is 4.62. The zero-order valence-corrected chi connectivity index (χ0v) is 15.3. The summed E-state index contributed by atoms with van der Waals surface area (Å²) in [6.07, 6.45) is 0.725. The van der Waals surface area contributed by atoms with Crippen LogP contribution < -0.4 is 5.46 Å². The number of hydrogen-bond acceptors (Lipinski definition) is 6. The molecule has 130 valence electrons. The average molecular weight is 333 g/mol. The Morgan fingerprint density at radius 1 is 1.21 bits per heavy atom.